The molecule has 0 aliphatic rings. The molecule has 0 aromatic heterocycles. The van der Waals surface area contributed by atoms with Gasteiger partial charge in [0.25, 0.3) is 0 Å². The van der Waals surface area contributed by atoms with Gasteiger partial charge in [-0.25, -0.2) is 0 Å². The number of hydrogen-bond donors (Lipinski definition) is 0. The first-order valence-electron chi connectivity index (χ1n) is 5.34. The minimum absolute atomic E-state index is 0.162. The Labute approximate surface area is 93.2 Å². The molecular weight excluding hydrogens is 212 g/mol. The molecule has 0 bridgehead atoms. The molecule has 0 N–H and O–H groups in total. The largest absolute Gasteiger partial charge is 0.469 e. The molecule has 1 atom stereocenters. The van der Waals surface area contributed by atoms with Crippen LogP contribution in [0.4, 0.5) is 0 Å². The minimum atomic E-state index is -2.19. The maximum atomic E-state index is 11.3. The van der Waals surface area contributed by atoms with Gasteiger partial charge < -0.3 is 13.6 Å². The average molecular weight is 234 g/mol. The summed E-state index contributed by atoms with van der Waals surface area (Å²) < 4.78 is 16.0. The number of hydrogen-bond acceptors (Lipinski definition) is 4. The Hall–Kier alpha value is -0.393. The Balaban J connectivity index is 4.32. The molecule has 90 valence electrons. The fourth-order valence-corrected chi connectivity index (χ4v) is 4.43. The first-order chi connectivity index (χ1) is 6.99. The van der Waals surface area contributed by atoms with Crippen LogP contribution in [0.15, 0.2) is 0 Å². The van der Waals surface area contributed by atoms with E-state index in [9.17, 15) is 4.79 Å². The van der Waals surface area contributed by atoms with Crippen LogP contribution in [0.25, 0.3) is 0 Å². The maximum Gasteiger partial charge on any atom is 0.335 e. The molecule has 0 aromatic rings. The van der Waals surface area contributed by atoms with E-state index in [1.165, 1.54) is 7.11 Å². The normalized spacial score (nSPS) is 13.7. The lowest BCUT2D eigenvalue weighted by Crippen LogP contribution is -2.41. The van der Waals surface area contributed by atoms with Crippen molar-refractivity contribution in [3.05, 3.63) is 0 Å². The van der Waals surface area contributed by atoms with Gasteiger partial charge in [0.15, 0.2) is 0 Å². The number of carbonyl (C=O) groups excluding carboxylic acids is 1. The van der Waals surface area contributed by atoms with Crippen molar-refractivity contribution in [1.82, 2.24) is 0 Å². The van der Waals surface area contributed by atoms with Crippen LogP contribution in [0.1, 0.15) is 20.8 Å². The highest BCUT2D eigenvalue weighted by Gasteiger charge is 2.35. The highest BCUT2D eigenvalue weighted by atomic mass is 28.4. The summed E-state index contributed by atoms with van der Waals surface area (Å²) in [5, 5.41) is 0. The Morgan fingerprint density at radius 3 is 2.07 bits per heavy atom. The summed E-state index contributed by atoms with van der Waals surface area (Å²) in [4.78, 5) is 11.3. The Kier molecular flexibility index (Phi) is 6.79. The predicted molar refractivity (Wildman–Crippen MR) is 60.9 cm³/mol. The van der Waals surface area contributed by atoms with E-state index in [1.807, 2.05) is 27.3 Å². The molecule has 0 heterocycles. The lowest BCUT2D eigenvalue weighted by Gasteiger charge is -2.27. The summed E-state index contributed by atoms with van der Waals surface area (Å²) in [5.41, 5.74) is 0. The van der Waals surface area contributed by atoms with Gasteiger partial charge in [-0.05, 0) is 20.4 Å². The second-order valence-corrected chi connectivity index (χ2v) is 6.88. The first-order valence-corrected chi connectivity index (χ1v) is 7.87. The minimum Gasteiger partial charge on any atom is -0.469 e. The van der Waals surface area contributed by atoms with Gasteiger partial charge in [0.2, 0.25) is 0 Å². The summed E-state index contributed by atoms with van der Waals surface area (Å²) in [6.45, 7) is 8.95. The molecule has 0 fully saturated rings. The van der Waals surface area contributed by atoms with Crippen LogP contribution in [0.3, 0.4) is 0 Å². The second-order valence-electron chi connectivity index (χ2n) is 3.63. The SMILES string of the molecule is CCO[Si](C)(CC(C)C(=O)OC)OCC. The van der Waals surface area contributed by atoms with Crippen molar-refractivity contribution in [2.75, 3.05) is 20.3 Å². The quantitative estimate of drug-likeness (QED) is 0.499. The molecule has 5 heteroatoms. The zero-order valence-electron chi connectivity index (χ0n) is 10.3. The van der Waals surface area contributed by atoms with Crippen LogP contribution >= 0.6 is 0 Å². The van der Waals surface area contributed by atoms with Crippen molar-refractivity contribution < 1.29 is 18.4 Å². The van der Waals surface area contributed by atoms with Crippen molar-refractivity contribution >= 4 is 14.5 Å². The molecule has 0 aromatic carbocycles. The van der Waals surface area contributed by atoms with Crippen molar-refractivity contribution in [2.24, 2.45) is 5.92 Å². The number of ether oxygens (including phenoxy) is 1. The predicted octanol–water partition coefficient (Wildman–Crippen LogP) is 1.94. The Morgan fingerprint density at radius 2 is 1.73 bits per heavy atom. The van der Waals surface area contributed by atoms with Gasteiger partial charge >= 0.3 is 14.5 Å². The van der Waals surface area contributed by atoms with Crippen LogP contribution in [-0.2, 0) is 18.4 Å². The third kappa shape index (κ3) is 5.29. The van der Waals surface area contributed by atoms with Crippen LogP contribution in [-0.4, -0.2) is 34.9 Å². The first kappa shape index (κ1) is 14.6. The molecule has 0 rings (SSSR count). The van der Waals surface area contributed by atoms with Crippen molar-refractivity contribution in [3.8, 4) is 0 Å². The molecule has 0 amide bonds. The molecule has 0 aliphatic carbocycles. The molecule has 0 spiro atoms. The third-order valence-electron chi connectivity index (χ3n) is 2.18. The van der Waals surface area contributed by atoms with Crippen molar-refractivity contribution in [2.45, 2.75) is 33.4 Å². The summed E-state index contributed by atoms with van der Waals surface area (Å²) in [5.74, 6) is -0.363. The van der Waals surface area contributed by atoms with Crippen LogP contribution in [0.5, 0.6) is 0 Å². The number of rotatable bonds is 7. The molecule has 1 unspecified atom stereocenters. The average Bonchev–Trinajstić information content (AvgIpc) is 2.16. The highest BCUT2D eigenvalue weighted by molar-refractivity contribution is 6.66. The standard InChI is InChI=1S/C10H22O4Si/c1-6-13-15(5,14-7-2)8-9(3)10(11)12-4/h9H,6-8H2,1-5H3. The van der Waals surface area contributed by atoms with Crippen molar-refractivity contribution in [3.63, 3.8) is 0 Å². The zero-order valence-corrected chi connectivity index (χ0v) is 11.3. The van der Waals surface area contributed by atoms with Gasteiger partial charge in [0.05, 0.1) is 13.0 Å². The number of carbonyl (C=O) groups is 1. The zero-order chi connectivity index (χ0) is 11.9. The second kappa shape index (κ2) is 6.98. The summed E-state index contributed by atoms with van der Waals surface area (Å²) in [6, 6.07) is 0.640. The van der Waals surface area contributed by atoms with Gasteiger partial charge in [-0.15, -0.1) is 0 Å². The van der Waals surface area contributed by atoms with E-state index in [0.717, 1.165) is 0 Å². The van der Waals surface area contributed by atoms with Gasteiger partial charge in [-0.1, -0.05) is 6.92 Å². The molecule has 15 heavy (non-hydrogen) atoms. The van der Waals surface area contributed by atoms with Crippen LogP contribution in [0.2, 0.25) is 12.6 Å². The third-order valence-corrected chi connectivity index (χ3v) is 5.33. The molecule has 0 saturated carbocycles. The lowest BCUT2D eigenvalue weighted by atomic mass is 10.2. The smallest absolute Gasteiger partial charge is 0.335 e. The van der Waals surface area contributed by atoms with Gasteiger partial charge in [-0.3, -0.25) is 4.79 Å². The fraction of sp³-hybridized carbons (Fsp3) is 0.900. The molecule has 0 saturated heterocycles. The molecule has 4 nitrogen and oxygen atoms in total. The van der Waals surface area contributed by atoms with E-state index in [1.54, 1.807) is 0 Å². The monoisotopic (exact) mass is 234 g/mol. The van der Waals surface area contributed by atoms with Crippen LogP contribution < -0.4 is 0 Å². The number of esters is 1. The van der Waals surface area contributed by atoms with E-state index in [2.05, 4.69) is 4.74 Å². The summed E-state index contributed by atoms with van der Waals surface area (Å²) in [7, 11) is -0.791. The van der Waals surface area contributed by atoms with Gasteiger partial charge in [0, 0.05) is 19.3 Å². The molecular formula is C10H22O4Si. The van der Waals surface area contributed by atoms with E-state index < -0.39 is 8.56 Å². The van der Waals surface area contributed by atoms with Gasteiger partial charge in [0.1, 0.15) is 0 Å². The fourth-order valence-electron chi connectivity index (χ4n) is 1.61. The van der Waals surface area contributed by atoms with E-state index >= 15 is 0 Å². The van der Waals surface area contributed by atoms with Crippen molar-refractivity contribution in [1.29, 1.82) is 0 Å². The summed E-state index contributed by atoms with van der Waals surface area (Å²) >= 11 is 0. The topological polar surface area (TPSA) is 44.8 Å². The van der Waals surface area contributed by atoms with E-state index in [0.29, 0.717) is 19.3 Å². The lowest BCUT2D eigenvalue weighted by molar-refractivity contribution is -0.144. The van der Waals surface area contributed by atoms with E-state index in [4.69, 9.17) is 8.85 Å². The maximum absolute atomic E-state index is 11.3. The molecule has 0 radical (unpaired) electrons. The van der Waals surface area contributed by atoms with Crippen LogP contribution in [0, 0.1) is 5.92 Å². The number of methoxy groups -OCH3 is 1. The van der Waals surface area contributed by atoms with Gasteiger partial charge in [-0.2, -0.15) is 0 Å². The van der Waals surface area contributed by atoms with E-state index in [-0.39, 0.29) is 11.9 Å². The highest BCUT2D eigenvalue weighted by Crippen LogP contribution is 2.20. The Bertz CT molecular complexity index is 190. The summed E-state index contributed by atoms with van der Waals surface area (Å²) in [6.07, 6.45) is 0. The Morgan fingerprint density at radius 1 is 1.27 bits per heavy atom. The molecule has 0 aliphatic heterocycles.